The van der Waals surface area contributed by atoms with Crippen LogP contribution in [-0.2, 0) is 0 Å². The van der Waals surface area contributed by atoms with Crippen molar-refractivity contribution in [3.63, 3.8) is 0 Å². The van der Waals surface area contributed by atoms with Crippen LogP contribution in [0.4, 0.5) is 11.4 Å². The van der Waals surface area contributed by atoms with Crippen molar-refractivity contribution < 1.29 is 25.1 Å². The van der Waals surface area contributed by atoms with E-state index in [1.54, 1.807) is 0 Å². The van der Waals surface area contributed by atoms with E-state index in [2.05, 4.69) is 0 Å². The number of carboxylic acid groups (broad SMARTS) is 1. The molecule has 15 heavy (non-hydrogen) atoms. The van der Waals surface area contributed by atoms with E-state index in [0.717, 1.165) is 12.1 Å². The Morgan fingerprint density at radius 2 is 2.20 bits per heavy atom. The summed E-state index contributed by atoms with van der Waals surface area (Å²) in [5.74, 6) is -1.27. The number of carboxylic acids is 1. The van der Waals surface area contributed by atoms with Gasteiger partial charge in [0.2, 0.25) is 5.69 Å². The third-order valence-corrected chi connectivity index (χ3v) is 1.83. The number of hydrogen-bond donors (Lipinski definition) is 4. The molecule has 0 aliphatic carbocycles. The summed E-state index contributed by atoms with van der Waals surface area (Å²) in [6, 6.07) is 2.14. The maximum Gasteiger partial charge on any atom is 0.337 e. The van der Waals surface area contributed by atoms with E-state index in [9.17, 15) is 10.0 Å². The molecule has 5 N–H and O–H groups in total. The number of hydrogen-bond acceptors (Lipinski definition) is 5. The van der Waals surface area contributed by atoms with Crippen LogP contribution in [0.2, 0.25) is 0 Å². The highest BCUT2D eigenvalue weighted by molar-refractivity contribution is 5.95. The summed E-state index contributed by atoms with van der Waals surface area (Å²) < 4.78 is 4.75. The highest BCUT2D eigenvalue weighted by atomic mass is 16.8. The Kier molecular flexibility index (Phi) is 3.10. The number of nitrogens with one attached hydrogen (secondary N) is 1. The molecule has 0 spiro atoms. The minimum Gasteiger partial charge on any atom is -0.595 e. The number of benzene rings is 1. The summed E-state index contributed by atoms with van der Waals surface area (Å²) in [7, 11) is 1.25. The van der Waals surface area contributed by atoms with Crippen molar-refractivity contribution >= 4 is 17.3 Å². The van der Waals surface area contributed by atoms with Gasteiger partial charge in [0, 0.05) is 12.1 Å². The zero-order valence-electron chi connectivity index (χ0n) is 7.85. The molecule has 1 unspecified atom stereocenters. The lowest BCUT2D eigenvalue weighted by Crippen LogP contribution is -2.99. The second-order valence-electron chi connectivity index (χ2n) is 2.75. The second kappa shape index (κ2) is 4.13. The lowest BCUT2D eigenvalue weighted by Gasteiger charge is -2.16. The summed E-state index contributed by atoms with van der Waals surface area (Å²) in [5.41, 5.74) is 4.92. The average molecular weight is 214 g/mol. The molecular formula is C8H10N2O5. The van der Waals surface area contributed by atoms with Gasteiger partial charge in [-0.1, -0.05) is 0 Å². The minimum absolute atomic E-state index is 0.0332. The van der Waals surface area contributed by atoms with Gasteiger partial charge < -0.3 is 20.8 Å². The third kappa shape index (κ3) is 2.15. The van der Waals surface area contributed by atoms with Gasteiger partial charge in [0.25, 0.3) is 0 Å². The SMILES string of the molecule is COc1cc(C(=O)O)c(N)cc1[NH+]([O-])O. The summed E-state index contributed by atoms with van der Waals surface area (Å²) >= 11 is 0. The van der Waals surface area contributed by atoms with Crippen LogP contribution >= 0.6 is 0 Å². The number of aromatic carboxylic acids is 1. The van der Waals surface area contributed by atoms with Crippen LogP contribution in [0.3, 0.4) is 0 Å². The number of nitrogen functional groups attached to an aromatic ring is 1. The molecule has 0 amide bonds. The van der Waals surface area contributed by atoms with Crippen molar-refractivity contribution in [1.29, 1.82) is 0 Å². The Morgan fingerprint density at radius 3 is 2.60 bits per heavy atom. The first-order valence-electron chi connectivity index (χ1n) is 3.91. The normalized spacial score (nSPS) is 12.2. The van der Waals surface area contributed by atoms with Gasteiger partial charge in [0.1, 0.15) is 0 Å². The Labute approximate surface area is 84.8 Å². The fraction of sp³-hybridized carbons (Fsp3) is 0.125. The van der Waals surface area contributed by atoms with Crippen molar-refractivity contribution in [1.82, 2.24) is 0 Å². The Bertz CT molecular complexity index is 391. The molecule has 0 radical (unpaired) electrons. The van der Waals surface area contributed by atoms with Crippen LogP contribution < -0.4 is 15.7 Å². The molecule has 1 rings (SSSR count). The highest BCUT2D eigenvalue weighted by Crippen LogP contribution is 2.26. The molecule has 1 aromatic rings. The molecule has 0 fully saturated rings. The predicted octanol–water partition coefficient (Wildman–Crippen LogP) is -0.621. The molecule has 0 heterocycles. The number of rotatable bonds is 3. The van der Waals surface area contributed by atoms with Gasteiger partial charge in [-0.2, -0.15) is 5.23 Å². The van der Waals surface area contributed by atoms with Gasteiger partial charge in [0.15, 0.2) is 5.75 Å². The molecule has 0 aliphatic rings. The van der Waals surface area contributed by atoms with Gasteiger partial charge in [-0.3, -0.25) is 0 Å². The zero-order chi connectivity index (χ0) is 11.6. The molecule has 1 atom stereocenters. The number of carbonyl (C=O) groups is 1. The molecule has 1 aromatic carbocycles. The first-order valence-corrected chi connectivity index (χ1v) is 3.91. The first kappa shape index (κ1) is 11.2. The van der Waals surface area contributed by atoms with E-state index in [0.29, 0.717) is 0 Å². The number of quaternary nitrogens is 1. The number of anilines is 1. The van der Waals surface area contributed by atoms with Crippen molar-refractivity contribution in [3.05, 3.63) is 22.9 Å². The van der Waals surface area contributed by atoms with Gasteiger partial charge in [-0.25, -0.2) is 10.0 Å². The van der Waals surface area contributed by atoms with Crippen molar-refractivity contribution in [2.45, 2.75) is 0 Å². The Balaban J connectivity index is 3.35. The van der Waals surface area contributed by atoms with E-state index < -0.39 is 11.2 Å². The maximum absolute atomic E-state index is 10.7. The van der Waals surface area contributed by atoms with Crippen LogP contribution in [0.1, 0.15) is 10.4 Å². The van der Waals surface area contributed by atoms with Crippen molar-refractivity contribution in [3.8, 4) is 5.75 Å². The quantitative estimate of drug-likeness (QED) is 0.393. The maximum atomic E-state index is 10.7. The molecule has 0 aliphatic heterocycles. The molecule has 0 bridgehead atoms. The summed E-state index contributed by atoms with van der Waals surface area (Å²) in [6.07, 6.45) is 0. The van der Waals surface area contributed by atoms with E-state index in [4.69, 9.17) is 20.8 Å². The van der Waals surface area contributed by atoms with Gasteiger partial charge >= 0.3 is 5.97 Å². The number of nitrogens with two attached hydrogens (primary N) is 1. The summed E-state index contributed by atoms with van der Waals surface area (Å²) in [6.45, 7) is 0. The monoisotopic (exact) mass is 214 g/mol. The van der Waals surface area contributed by atoms with E-state index >= 15 is 0 Å². The molecule has 0 aromatic heterocycles. The fourth-order valence-electron chi connectivity index (χ4n) is 1.12. The minimum atomic E-state index is -1.23. The van der Waals surface area contributed by atoms with Crippen LogP contribution in [0.15, 0.2) is 12.1 Å². The van der Waals surface area contributed by atoms with Crippen molar-refractivity contribution in [2.24, 2.45) is 0 Å². The lowest BCUT2D eigenvalue weighted by atomic mass is 10.1. The standard InChI is InChI=1S/C8H10N2O5/c1-15-7-2-4(8(11)12)5(9)3-6(7)10(13)14/h2-3,10,13H,9H2,1H3,(H,11,12). The van der Waals surface area contributed by atoms with Gasteiger partial charge in [-0.15, -0.1) is 0 Å². The fourth-order valence-corrected chi connectivity index (χ4v) is 1.12. The topological polar surface area (TPSA) is 120 Å². The molecule has 0 saturated heterocycles. The van der Waals surface area contributed by atoms with E-state index in [1.807, 2.05) is 0 Å². The lowest BCUT2D eigenvalue weighted by molar-refractivity contribution is -0.991. The largest absolute Gasteiger partial charge is 0.595 e. The Morgan fingerprint density at radius 1 is 1.60 bits per heavy atom. The van der Waals surface area contributed by atoms with Crippen LogP contribution in [0, 0.1) is 5.21 Å². The van der Waals surface area contributed by atoms with Gasteiger partial charge in [0.05, 0.1) is 18.4 Å². The molecule has 0 saturated carbocycles. The highest BCUT2D eigenvalue weighted by Gasteiger charge is 2.17. The van der Waals surface area contributed by atoms with Crippen molar-refractivity contribution in [2.75, 3.05) is 12.8 Å². The van der Waals surface area contributed by atoms with E-state index in [-0.39, 0.29) is 22.7 Å². The van der Waals surface area contributed by atoms with Crippen LogP contribution in [0.5, 0.6) is 5.75 Å². The summed E-state index contributed by atoms with van der Waals surface area (Å²) in [5, 5.41) is 27.0. The Hall–Kier alpha value is -1.83. The molecular weight excluding hydrogens is 204 g/mol. The average Bonchev–Trinajstić information content (AvgIpc) is 2.16. The first-order chi connectivity index (χ1) is 6.97. The van der Waals surface area contributed by atoms with Gasteiger partial charge in [-0.05, 0) is 0 Å². The molecule has 7 heteroatoms. The zero-order valence-corrected chi connectivity index (χ0v) is 7.85. The molecule has 82 valence electrons. The number of methoxy groups -OCH3 is 1. The smallest absolute Gasteiger partial charge is 0.337 e. The van der Waals surface area contributed by atoms with Crippen LogP contribution in [-0.4, -0.2) is 23.4 Å². The van der Waals surface area contributed by atoms with E-state index in [1.165, 1.54) is 7.11 Å². The molecule has 7 nitrogen and oxygen atoms in total. The number of ether oxygens (including phenoxy) is 1. The third-order valence-electron chi connectivity index (χ3n) is 1.83. The second-order valence-corrected chi connectivity index (χ2v) is 2.75. The van der Waals surface area contributed by atoms with Crippen LogP contribution in [0.25, 0.3) is 0 Å². The predicted molar refractivity (Wildman–Crippen MR) is 50.1 cm³/mol. The summed E-state index contributed by atoms with van der Waals surface area (Å²) in [4.78, 5) is 10.7.